The van der Waals surface area contributed by atoms with E-state index in [4.69, 9.17) is 5.11 Å². The zero-order valence-electron chi connectivity index (χ0n) is 4.58. The van der Waals surface area contributed by atoms with Crippen LogP contribution in [0.4, 0.5) is 4.79 Å². The van der Waals surface area contributed by atoms with Gasteiger partial charge in [-0.05, 0) is 0 Å². The molecule has 9 heavy (non-hydrogen) atoms. The molecule has 0 aromatic rings. The molecule has 1 saturated heterocycles. The molecule has 4 nitrogen and oxygen atoms in total. The van der Waals surface area contributed by atoms with Crippen LogP contribution in [0.15, 0.2) is 0 Å². The molecule has 0 aromatic heterocycles. The molecule has 1 rings (SSSR count). The topological polar surface area (TPSA) is 49.8 Å². The summed E-state index contributed by atoms with van der Waals surface area (Å²) in [6.45, 7) is 1.43. The maximum Gasteiger partial charge on any atom is 0.525 e. The molecule has 0 saturated carbocycles. The van der Waals surface area contributed by atoms with Gasteiger partial charge in [0.15, 0.2) is 0 Å². The van der Waals surface area contributed by atoms with Crippen molar-refractivity contribution in [3.8, 4) is 0 Å². The summed E-state index contributed by atoms with van der Waals surface area (Å²) in [6, 6.07) is 0. The molecule has 0 aliphatic carbocycles. The van der Waals surface area contributed by atoms with E-state index in [9.17, 15) is 4.79 Å². The molecule has 5 heteroatoms. The number of alkyl halides is 1. The fraction of sp³-hybridized carbons (Fsp3) is 0.750. The van der Waals surface area contributed by atoms with Crippen LogP contribution in [0.1, 0.15) is 0 Å². The smallest absolute Gasteiger partial charge is 0.448 e. The number of rotatable bonds is 1. The van der Waals surface area contributed by atoms with E-state index in [0.717, 1.165) is 0 Å². The summed E-state index contributed by atoms with van der Waals surface area (Å²) in [6.07, 6.45) is -1.22. The lowest BCUT2D eigenvalue weighted by Crippen LogP contribution is -2.47. The highest BCUT2D eigenvalue weighted by molar-refractivity contribution is 14.1. The number of halogens is 1. The highest BCUT2D eigenvalue weighted by Crippen LogP contribution is 2.15. The Morgan fingerprint density at radius 2 is 2.33 bits per heavy atom. The summed E-state index contributed by atoms with van der Waals surface area (Å²) in [5, 5.41) is 9.48. The fourth-order valence-corrected chi connectivity index (χ4v) is 1.45. The molecule has 0 aromatic carbocycles. The molecule has 0 atom stereocenters. The number of hydrogen-bond donors (Lipinski definition) is 1. The van der Waals surface area contributed by atoms with Gasteiger partial charge in [0.25, 0.3) is 0 Å². The van der Waals surface area contributed by atoms with Crippen molar-refractivity contribution >= 4 is 28.7 Å². The van der Waals surface area contributed by atoms with Gasteiger partial charge in [0, 0.05) is 17.0 Å². The number of hydroxylamine groups is 2. The second-order valence-electron chi connectivity index (χ2n) is 1.80. The van der Waals surface area contributed by atoms with Crippen LogP contribution < -0.4 is 0 Å². The molecular weight excluding hydrogens is 237 g/mol. The van der Waals surface area contributed by atoms with Crippen molar-refractivity contribution in [3.63, 3.8) is 0 Å². The van der Waals surface area contributed by atoms with Gasteiger partial charge >= 0.3 is 6.16 Å². The summed E-state index contributed by atoms with van der Waals surface area (Å²) >= 11 is 2.24. The zero-order chi connectivity index (χ0) is 6.85. The second kappa shape index (κ2) is 2.70. The SMILES string of the molecule is O=C(O)ON1CC(I)C1. The third kappa shape index (κ3) is 1.98. The number of hydrogen-bond acceptors (Lipinski definition) is 3. The lowest BCUT2D eigenvalue weighted by Gasteiger charge is -2.32. The van der Waals surface area contributed by atoms with Gasteiger partial charge in [0.05, 0.1) is 0 Å². The minimum Gasteiger partial charge on any atom is -0.448 e. The predicted molar refractivity (Wildman–Crippen MR) is 38.5 cm³/mol. The van der Waals surface area contributed by atoms with Gasteiger partial charge in [-0.25, -0.2) is 4.79 Å². The molecule has 0 radical (unpaired) electrons. The van der Waals surface area contributed by atoms with Crippen molar-refractivity contribution in [2.45, 2.75) is 3.92 Å². The first-order chi connectivity index (χ1) is 4.18. The number of nitrogens with zero attached hydrogens (tertiary/aromatic N) is 1. The number of carbonyl (C=O) groups is 1. The summed E-state index contributed by atoms with van der Waals surface area (Å²) < 4.78 is 0.543. The fourth-order valence-electron chi connectivity index (χ4n) is 0.573. The maximum atomic E-state index is 9.84. The number of carboxylic acid groups (broad SMARTS) is 1. The Morgan fingerprint density at radius 1 is 1.78 bits per heavy atom. The van der Waals surface area contributed by atoms with Crippen LogP contribution >= 0.6 is 22.6 Å². The molecular formula is C4H6INO3. The van der Waals surface area contributed by atoms with E-state index in [-0.39, 0.29) is 0 Å². The third-order valence-corrected chi connectivity index (χ3v) is 1.80. The van der Waals surface area contributed by atoms with Crippen molar-refractivity contribution in [2.24, 2.45) is 0 Å². The normalized spacial score (nSPS) is 21.0. The Kier molecular flexibility index (Phi) is 2.12. The molecule has 0 spiro atoms. The van der Waals surface area contributed by atoms with Crippen LogP contribution in [0.3, 0.4) is 0 Å². The van der Waals surface area contributed by atoms with Gasteiger partial charge in [-0.2, -0.15) is 0 Å². The van der Waals surface area contributed by atoms with Crippen LogP contribution in [0.2, 0.25) is 0 Å². The second-order valence-corrected chi connectivity index (χ2v) is 3.56. The quantitative estimate of drug-likeness (QED) is 0.544. The van der Waals surface area contributed by atoms with E-state index in [1.807, 2.05) is 0 Å². The molecule has 1 aliphatic rings. The Morgan fingerprint density at radius 3 is 2.67 bits per heavy atom. The Hall–Kier alpha value is -0.0400. The summed E-state index contributed by atoms with van der Waals surface area (Å²) in [5.74, 6) is 0. The Balaban J connectivity index is 2.11. The van der Waals surface area contributed by atoms with Crippen LogP contribution in [0.5, 0.6) is 0 Å². The monoisotopic (exact) mass is 243 g/mol. The van der Waals surface area contributed by atoms with Crippen LogP contribution in [0, 0.1) is 0 Å². The molecule has 1 N–H and O–H groups in total. The Labute approximate surface area is 65.9 Å². The summed E-state index contributed by atoms with van der Waals surface area (Å²) in [5.41, 5.74) is 0. The van der Waals surface area contributed by atoms with Crippen LogP contribution in [-0.4, -0.2) is 33.3 Å². The van der Waals surface area contributed by atoms with Gasteiger partial charge in [-0.3, -0.25) is 0 Å². The highest BCUT2D eigenvalue weighted by Gasteiger charge is 2.27. The van der Waals surface area contributed by atoms with E-state index in [0.29, 0.717) is 17.0 Å². The molecule has 52 valence electrons. The predicted octanol–water partition coefficient (Wildman–Crippen LogP) is 0.715. The lowest BCUT2D eigenvalue weighted by atomic mass is 10.3. The molecule has 1 fully saturated rings. The molecule has 1 heterocycles. The first-order valence-electron chi connectivity index (χ1n) is 2.48. The van der Waals surface area contributed by atoms with E-state index in [1.54, 1.807) is 0 Å². The van der Waals surface area contributed by atoms with E-state index >= 15 is 0 Å². The van der Waals surface area contributed by atoms with Crippen molar-refractivity contribution in [3.05, 3.63) is 0 Å². The van der Waals surface area contributed by atoms with Crippen LogP contribution in [0.25, 0.3) is 0 Å². The molecule has 0 amide bonds. The largest absolute Gasteiger partial charge is 0.525 e. The molecule has 0 bridgehead atoms. The van der Waals surface area contributed by atoms with E-state index in [2.05, 4.69) is 27.4 Å². The average Bonchev–Trinajstić information content (AvgIpc) is 1.60. The third-order valence-electron chi connectivity index (χ3n) is 1.01. The van der Waals surface area contributed by atoms with Crippen molar-refractivity contribution in [1.82, 2.24) is 5.06 Å². The summed E-state index contributed by atoms with van der Waals surface area (Å²) in [7, 11) is 0. The first-order valence-corrected chi connectivity index (χ1v) is 3.73. The summed E-state index contributed by atoms with van der Waals surface area (Å²) in [4.78, 5) is 14.1. The lowest BCUT2D eigenvalue weighted by molar-refractivity contribution is -0.151. The average molecular weight is 243 g/mol. The van der Waals surface area contributed by atoms with Crippen molar-refractivity contribution < 1.29 is 14.7 Å². The van der Waals surface area contributed by atoms with Crippen molar-refractivity contribution in [1.29, 1.82) is 0 Å². The zero-order valence-corrected chi connectivity index (χ0v) is 6.74. The minimum absolute atomic E-state index is 0.543. The molecule has 1 aliphatic heterocycles. The first kappa shape index (κ1) is 7.07. The van der Waals surface area contributed by atoms with Crippen LogP contribution in [-0.2, 0) is 4.84 Å². The van der Waals surface area contributed by atoms with Gasteiger partial charge in [-0.1, -0.05) is 22.6 Å². The van der Waals surface area contributed by atoms with E-state index < -0.39 is 6.16 Å². The molecule has 0 unspecified atom stereocenters. The van der Waals surface area contributed by atoms with Crippen molar-refractivity contribution in [2.75, 3.05) is 13.1 Å². The standard InChI is InChI=1S/C4H6INO3/c5-3-1-6(2-3)9-4(7)8/h3H,1-2H2,(H,7,8). The van der Waals surface area contributed by atoms with E-state index in [1.165, 1.54) is 5.06 Å². The van der Waals surface area contributed by atoms with Gasteiger partial charge in [-0.15, -0.1) is 5.06 Å². The maximum absolute atomic E-state index is 9.84. The highest BCUT2D eigenvalue weighted by atomic mass is 127. The van der Waals surface area contributed by atoms with Gasteiger partial charge < -0.3 is 9.94 Å². The van der Waals surface area contributed by atoms with Gasteiger partial charge in [0.1, 0.15) is 0 Å². The van der Waals surface area contributed by atoms with Gasteiger partial charge in [0.2, 0.25) is 0 Å². The Bertz CT molecular complexity index is 123. The minimum atomic E-state index is -1.22.